The monoisotopic (exact) mass is 420 g/mol. The number of carbonyl (C=O) groups excluding carboxylic acids is 2. The summed E-state index contributed by atoms with van der Waals surface area (Å²) in [5, 5.41) is 11.5. The molecular formula is C23H17ClN2O4. The Hall–Kier alpha value is -3.64. The first-order valence-corrected chi connectivity index (χ1v) is 9.50. The smallest absolute Gasteiger partial charge is 0.300 e. The van der Waals surface area contributed by atoms with Gasteiger partial charge in [0, 0.05) is 23.1 Å². The number of ether oxygens (including phenoxy) is 1. The zero-order chi connectivity index (χ0) is 21.3. The molecule has 1 aliphatic heterocycles. The highest BCUT2D eigenvalue weighted by atomic mass is 35.5. The Kier molecular flexibility index (Phi) is 5.25. The SMILES string of the molecule is COc1ccc(Cl)cc1/C(O)=C1\C(=O)C(=O)N(c2ccccc2)C1c1ccncc1. The minimum atomic E-state index is -0.834. The van der Waals surface area contributed by atoms with Gasteiger partial charge in [-0.25, -0.2) is 0 Å². The topological polar surface area (TPSA) is 79.7 Å². The molecule has 1 atom stereocenters. The molecule has 1 N–H and O–H groups in total. The van der Waals surface area contributed by atoms with Crippen molar-refractivity contribution in [3.05, 3.63) is 94.8 Å². The fourth-order valence-electron chi connectivity index (χ4n) is 3.56. The van der Waals surface area contributed by atoms with Gasteiger partial charge < -0.3 is 9.84 Å². The third-order valence-corrected chi connectivity index (χ3v) is 5.15. The number of aliphatic hydroxyl groups is 1. The molecule has 1 amide bonds. The summed E-state index contributed by atoms with van der Waals surface area (Å²) in [5.74, 6) is -1.55. The molecule has 30 heavy (non-hydrogen) atoms. The van der Waals surface area contributed by atoms with Crippen molar-refractivity contribution in [3.63, 3.8) is 0 Å². The fraction of sp³-hybridized carbons (Fsp3) is 0.0870. The van der Waals surface area contributed by atoms with Gasteiger partial charge in [0.2, 0.25) is 0 Å². The number of halogens is 1. The summed E-state index contributed by atoms with van der Waals surface area (Å²) in [5.41, 5.74) is 1.36. The van der Waals surface area contributed by atoms with E-state index in [4.69, 9.17) is 16.3 Å². The first-order chi connectivity index (χ1) is 14.5. The van der Waals surface area contributed by atoms with Crippen molar-refractivity contribution >= 4 is 34.7 Å². The Bertz CT molecular complexity index is 1150. The van der Waals surface area contributed by atoms with E-state index in [0.29, 0.717) is 22.0 Å². The van der Waals surface area contributed by atoms with E-state index in [0.717, 1.165) is 0 Å². The number of nitrogens with zero attached hydrogens (tertiary/aromatic N) is 2. The van der Waals surface area contributed by atoms with Crippen LogP contribution >= 0.6 is 11.6 Å². The van der Waals surface area contributed by atoms with E-state index in [1.807, 2.05) is 6.07 Å². The van der Waals surface area contributed by atoms with Crippen LogP contribution in [0, 0.1) is 0 Å². The molecule has 0 bridgehead atoms. The summed E-state index contributed by atoms with van der Waals surface area (Å²) in [7, 11) is 1.45. The van der Waals surface area contributed by atoms with Crippen molar-refractivity contribution in [2.45, 2.75) is 6.04 Å². The third-order valence-electron chi connectivity index (χ3n) is 4.92. The van der Waals surface area contributed by atoms with Crippen molar-refractivity contribution in [3.8, 4) is 5.75 Å². The van der Waals surface area contributed by atoms with Crippen molar-refractivity contribution in [1.82, 2.24) is 4.98 Å². The number of carbonyl (C=O) groups is 2. The van der Waals surface area contributed by atoms with E-state index in [1.54, 1.807) is 60.9 Å². The van der Waals surface area contributed by atoms with E-state index in [1.165, 1.54) is 18.1 Å². The standard InChI is InChI=1S/C23H17ClN2O4/c1-30-18-8-7-15(24)13-17(18)21(27)19-20(14-9-11-25-12-10-14)26(23(29)22(19)28)16-5-3-2-4-6-16/h2-13,20,27H,1H3/b21-19+. The lowest BCUT2D eigenvalue weighted by Gasteiger charge is -2.25. The molecule has 0 radical (unpaired) electrons. The second-order valence-electron chi connectivity index (χ2n) is 6.63. The molecule has 150 valence electrons. The summed E-state index contributed by atoms with van der Waals surface area (Å²) in [6, 6.07) is 16.1. The quantitative estimate of drug-likeness (QED) is 0.385. The average Bonchev–Trinajstić information content (AvgIpc) is 3.05. The number of anilines is 1. The van der Waals surface area contributed by atoms with Gasteiger partial charge in [0.15, 0.2) is 0 Å². The molecule has 2 aromatic carbocycles. The number of aromatic nitrogens is 1. The van der Waals surface area contributed by atoms with Gasteiger partial charge in [0.05, 0.1) is 24.3 Å². The number of rotatable bonds is 4. The van der Waals surface area contributed by atoms with Crippen LogP contribution in [0.2, 0.25) is 5.02 Å². The van der Waals surface area contributed by atoms with Crippen LogP contribution in [0.25, 0.3) is 5.76 Å². The molecule has 1 aromatic heterocycles. The molecular weight excluding hydrogens is 404 g/mol. The number of aliphatic hydroxyl groups excluding tert-OH is 1. The van der Waals surface area contributed by atoms with Crippen LogP contribution in [0.1, 0.15) is 17.2 Å². The van der Waals surface area contributed by atoms with Gasteiger partial charge in [-0.3, -0.25) is 19.5 Å². The van der Waals surface area contributed by atoms with Crippen LogP contribution in [0.5, 0.6) is 5.75 Å². The molecule has 0 saturated carbocycles. The maximum atomic E-state index is 13.1. The Labute approximate surface area is 178 Å². The second kappa shape index (κ2) is 8.00. The molecule has 1 saturated heterocycles. The van der Waals surface area contributed by atoms with Gasteiger partial charge >= 0.3 is 0 Å². The lowest BCUT2D eigenvalue weighted by atomic mass is 9.95. The normalized spacial score (nSPS) is 17.9. The Balaban J connectivity index is 1.98. The highest BCUT2D eigenvalue weighted by molar-refractivity contribution is 6.51. The van der Waals surface area contributed by atoms with Gasteiger partial charge in [-0.1, -0.05) is 29.8 Å². The molecule has 1 fully saturated rings. The predicted octanol–water partition coefficient (Wildman–Crippen LogP) is 4.37. The van der Waals surface area contributed by atoms with Crippen LogP contribution in [0.3, 0.4) is 0 Å². The van der Waals surface area contributed by atoms with Crippen molar-refractivity contribution in [2.24, 2.45) is 0 Å². The maximum absolute atomic E-state index is 13.1. The van der Waals surface area contributed by atoms with Crippen molar-refractivity contribution < 1.29 is 19.4 Å². The summed E-state index contributed by atoms with van der Waals surface area (Å²) < 4.78 is 5.32. The lowest BCUT2D eigenvalue weighted by molar-refractivity contribution is -0.132. The maximum Gasteiger partial charge on any atom is 0.300 e. The highest BCUT2D eigenvalue weighted by Crippen LogP contribution is 2.43. The Morgan fingerprint density at radius 1 is 1.07 bits per heavy atom. The molecule has 0 aliphatic carbocycles. The fourth-order valence-corrected chi connectivity index (χ4v) is 3.73. The van der Waals surface area contributed by atoms with E-state index in [-0.39, 0.29) is 16.9 Å². The minimum Gasteiger partial charge on any atom is -0.507 e. The van der Waals surface area contributed by atoms with Gasteiger partial charge in [-0.15, -0.1) is 0 Å². The van der Waals surface area contributed by atoms with Crippen molar-refractivity contribution in [2.75, 3.05) is 12.0 Å². The molecule has 7 heteroatoms. The predicted molar refractivity (Wildman–Crippen MR) is 113 cm³/mol. The molecule has 1 unspecified atom stereocenters. The largest absolute Gasteiger partial charge is 0.507 e. The van der Waals surface area contributed by atoms with E-state index >= 15 is 0 Å². The van der Waals surface area contributed by atoms with E-state index < -0.39 is 17.7 Å². The molecule has 0 spiro atoms. The third kappa shape index (κ3) is 3.31. The van der Waals surface area contributed by atoms with E-state index in [2.05, 4.69) is 4.98 Å². The minimum absolute atomic E-state index is 0.0457. The average molecular weight is 421 g/mol. The number of ketones is 1. The van der Waals surface area contributed by atoms with Crippen LogP contribution in [-0.4, -0.2) is 28.9 Å². The van der Waals surface area contributed by atoms with Crippen LogP contribution < -0.4 is 9.64 Å². The van der Waals surface area contributed by atoms with Gasteiger partial charge in [0.25, 0.3) is 11.7 Å². The molecule has 6 nitrogen and oxygen atoms in total. The number of pyridine rings is 1. The van der Waals surface area contributed by atoms with Gasteiger partial charge in [0.1, 0.15) is 11.5 Å². The number of benzene rings is 2. The first-order valence-electron chi connectivity index (χ1n) is 9.13. The summed E-state index contributed by atoms with van der Waals surface area (Å²) in [6.07, 6.45) is 3.14. The number of hydrogen-bond donors (Lipinski definition) is 1. The van der Waals surface area contributed by atoms with Gasteiger partial charge in [-0.05, 0) is 48.0 Å². The zero-order valence-corrected chi connectivity index (χ0v) is 16.7. The second-order valence-corrected chi connectivity index (χ2v) is 7.07. The number of amides is 1. The number of hydrogen-bond acceptors (Lipinski definition) is 5. The summed E-state index contributed by atoms with van der Waals surface area (Å²) in [4.78, 5) is 31.5. The summed E-state index contributed by atoms with van der Waals surface area (Å²) >= 11 is 6.11. The molecule has 2 heterocycles. The Morgan fingerprint density at radius 3 is 2.43 bits per heavy atom. The van der Waals surface area contributed by atoms with Crippen LogP contribution in [0.4, 0.5) is 5.69 Å². The van der Waals surface area contributed by atoms with E-state index in [9.17, 15) is 14.7 Å². The zero-order valence-electron chi connectivity index (χ0n) is 15.9. The van der Waals surface area contributed by atoms with Crippen LogP contribution in [0.15, 0.2) is 78.6 Å². The highest BCUT2D eigenvalue weighted by Gasteiger charge is 2.47. The van der Waals surface area contributed by atoms with Crippen molar-refractivity contribution in [1.29, 1.82) is 0 Å². The van der Waals surface area contributed by atoms with Crippen LogP contribution in [-0.2, 0) is 9.59 Å². The molecule has 3 aromatic rings. The van der Waals surface area contributed by atoms with Gasteiger partial charge in [-0.2, -0.15) is 0 Å². The lowest BCUT2D eigenvalue weighted by Crippen LogP contribution is -2.29. The molecule has 4 rings (SSSR count). The number of para-hydroxylation sites is 1. The first kappa shape index (κ1) is 19.7. The Morgan fingerprint density at radius 2 is 1.77 bits per heavy atom. The number of methoxy groups -OCH3 is 1. The molecule has 1 aliphatic rings. The summed E-state index contributed by atoms with van der Waals surface area (Å²) in [6.45, 7) is 0. The number of Topliss-reactive ketones (excluding diaryl/α,β-unsaturated/α-hetero) is 1.